The molecule has 0 aliphatic carbocycles. The van der Waals surface area contributed by atoms with Crippen molar-refractivity contribution in [3.05, 3.63) is 0 Å². The van der Waals surface area contributed by atoms with Crippen molar-refractivity contribution in [1.82, 2.24) is 0 Å². The summed E-state index contributed by atoms with van der Waals surface area (Å²) in [5.41, 5.74) is 0. The van der Waals surface area contributed by atoms with Crippen LogP contribution in [0.4, 0.5) is 0 Å². The van der Waals surface area contributed by atoms with Crippen LogP contribution >= 0.6 is 12.6 Å². The Balaban J connectivity index is 2.34. The van der Waals surface area contributed by atoms with Crippen LogP contribution < -0.4 is 0 Å². The Kier molecular flexibility index (Phi) is 2.93. The summed E-state index contributed by atoms with van der Waals surface area (Å²) in [5.74, 6) is -0.205. The van der Waals surface area contributed by atoms with Gasteiger partial charge < -0.3 is 4.74 Å². The van der Waals surface area contributed by atoms with Gasteiger partial charge in [-0.1, -0.05) is 0 Å². The molecular weight excluding hydrogens is 164 g/mol. The molecule has 1 rings (SSSR count). The van der Waals surface area contributed by atoms with E-state index in [9.17, 15) is 9.59 Å². The Labute approximate surface area is 70.5 Å². The quantitative estimate of drug-likeness (QED) is 0.391. The topological polar surface area (TPSA) is 43.4 Å². The molecule has 11 heavy (non-hydrogen) atoms. The Morgan fingerprint density at radius 3 is 2.73 bits per heavy atom. The molecule has 1 saturated heterocycles. The third-order valence-electron chi connectivity index (χ3n) is 1.67. The predicted octanol–water partition coefficient (Wildman–Crippen LogP) is 0.786. The second-order valence-corrected chi connectivity index (χ2v) is 3.01. The summed E-state index contributed by atoms with van der Waals surface area (Å²) >= 11 is 4.01. The molecule has 1 atom stereocenters. The molecular formula is C7H10O3S. The van der Waals surface area contributed by atoms with Crippen molar-refractivity contribution >= 4 is 24.6 Å². The molecule has 0 bridgehead atoms. The predicted molar refractivity (Wildman–Crippen MR) is 42.3 cm³/mol. The van der Waals surface area contributed by atoms with Crippen molar-refractivity contribution in [2.45, 2.75) is 19.3 Å². The van der Waals surface area contributed by atoms with Gasteiger partial charge in [0.15, 0.2) is 0 Å². The maximum atomic E-state index is 10.8. The molecule has 1 aliphatic rings. The summed E-state index contributed by atoms with van der Waals surface area (Å²) in [5, 5.41) is 0. The molecule has 4 heteroatoms. The Hall–Kier alpha value is -0.510. The van der Waals surface area contributed by atoms with Crippen molar-refractivity contribution in [1.29, 1.82) is 0 Å². The van der Waals surface area contributed by atoms with Crippen LogP contribution in [-0.2, 0) is 14.3 Å². The van der Waals surface area contributed by atoms with Gasteiger partial charge in [-0.2, -0.15) is 12.6 Å². The highest BCUT2D eigenvalue weighted by molar-refractivity contribution is 7.80. The third kappa shape index (κ3) is 2.22. The van der Waals surface area contributed by atoms with E-state index in [4.69, 9.17) is 0 Å². The Morgan fingerprint density at radius 1 is 1.55 bits per heavy atom. The molecule has 1 fully saturated rings. The van der Waals surface area contributed by atoms with Crippen LogP contribution in [-0.4, -0.2) is 17.7 Å². The van der Waals surface area contributed by atoms with Gasteiger partial charge in [-0.25, -0.2) is 0 Å². The minimum absolute atomic E-state index is 0.199. The van der Waals surface area contributed by atoms with E-state index in [1.165, 1.54) is 0 Å². The second kappa shape index (κ2) is 3.76. The summed E-state index contributed by atoms with van der Waals surface area (Å²) < 4.78 is 4.37. The summed E-state index contributed by atoms with van der Waals surface area (Å²) in [4.78, 5) is 21.4. The van der Waals surface area contributed by atoms with Crippen LogP contribution in [0.5, 0.6) is 0 Å². The number of ether oxygens (including phenoxy) is 1. The highest BCUT2D eigenvalue weighted by Gasteiger charge is 2.32. The van der Waals surface area contributed by atoms with E-state index in [1.54, 1.807) is 0 Å². The summed E-state index contributed by atoms with van der Waals surface area (Å²) in [6.45, 7) is 0. The van der Waals surface area contributed by atoms with Gasteiger partial charge in [0.1, 0.15) is 0 Å². The molecule has 3 nitrogen and oxygen atoms in total. The number of esters is 2. The fraction of sp³-hybridized carbons (Fsp3) is 0.714. The van der Waals surface area contributed by atoms with Crippen molar-refractivity contribution in [3.8, 4) is 0 Å². The maximum Gasteiger partial charge on any atom is 0.317 e. The molecule has 0 radical (unpaired) electrons. The van der Waals surface area contributed by atoms with Gasteiger partial charge in [0.25, 0.3) is 0 Å². The van der Waals surface area contributed by atoms with Gasteiger partial charge in [-0.3, -0.25) is 9.59 Å². The zero-order valence-electron chi connectivity index (χ0n) is 6.08. The smallest absolute Gasteiger partial charge is 0.317 e. The molecule has 0 saturated carbocycles. The molecule has 0 aromatic carbocycles. The first kappa shape index (κ1) is 8.59. The lowest BCUT2D eigenvalue weighted by atomic mass is 10.0. The molecule has 1 heterocycles. The first-order chi connectivity index (χ1) is 5.24. The highest BCUT2D eigenvalue weighted by atomic mass is 32.1. The van der Waals surface area contributed by atoms with Gasteiger partial charge in [0.2, 0.25) is 0 Å². The van der Waals surface area contributed by atoms with Gasteiger partial charge >= 0.3 is 11.9 Å². The van der Waals surface area contributed by atoms with E-state index >= 15 is 0 Å². The average molecular weight is 174 g/mol. The molecule has 0 N–H and O–H groups in total. The first-order valence-electron chi connectivity index (χ1n) is 3.59. The van der Waals surface area contributed by atoms with Crippen LogP contribution in [0.25, 0.3) is 0 Å². The van der Waals surface area contributed by atoms with E-state index < -0.39 is 0 Å². The molecule has 1 unspecified atom stereocenters. The zero-order valence-corrected chi connectivity index (χ0v) is 6.97. The van der Waals surface area contributed by atoms with E-state index in [-0.39, 0.29) is 24.3 Å². The van der Waals surface area contributed by atoms with Crippen LogP contribution in [0, 0.1) is 5.92 Å². The SMILES string of the molecule is O=C1CC(CCCS)C(=O)O1. The minimum atomic E-state index is -0.390. The highest BCUT2D eigenvalue weighted by Crippen LogP contribution is 2.20. The zero-order chi connectivity index (χ0) is 8.27. The average Bonchev–Trinajstić information content (AvgIpc) is 2.26. The lowest BCUT2D eigenvalue weighted by molar-refractivity contribution is -0.153. The monoisotopic (exact) mass is 174 g/mol. The van der Waals surface area contributed by atoms with Gasteiger partial charge in [-0.15, -0.1) is 0 Å². The van der Waals surface area contributed by atoms with E-state index in [0.29, 0.717) is 6.42 Å². The number of carbonyl (C=O) groups excluding carboxylic acids is 2. The van der Waals surface area contributed by atoms with Gasteiger partial charge in [0, 0.05) is 0 Å². The number of rotatable bonds is 3. The third-order valence-corrected chi connectivity index (χ3v) is 1.99. The van der Waals surface area contributed by atoms with E-state index in [0.717, 1.165) is 12.2 Å². The van der Waals surface area contributed by atoms with Crippen molar-refractivity contribution in [2.75, 3.05) is 5.75 Å². The van der Waals surface area contributed by atoms with E-state index in [2.05, 4.69) is 17.4 Å². The van der Waals surface area contributed by atoms with Crippen molar-refractivity contribution in [3.63, 3.8) is 0 Å². The summed E-state index contributed by atoms with van der Waals surface area (Å²) in [6.07, 6.45) is 1.83. The molecule has 0 spiro atoms. The molecule has 62 valence electrons. The standard InChI is InChI=1S/C7H10O3S/c8-6-4-5(2-1-3-11)7(9)10-6/h5,11H,1-4H2. The fourth-order valence-corrected chi connectivity index (χ4v) is 1.26. The van der Waals surface area contributed by atoms with Crippen LogP contribution in [0.1, 0.15) is 19.3 Å². The second-order valence-electron chi connectivity index (χ2n) is 2.56. The van der Waals surface area contributed by atoms with Crippen LogP contribution in [0.2, 0.25) is 0 Å². The normalized spacial score (nSPS) is 23.9. The summed E-state index contributed by atoms with van der Waals surface area (Å²) in [6, 6.07) is 0. The van der Waals surface area contributed by atoms with Crippen LogP contribution in [0.15, 0.2) is 0 Å². The number of thiol groups is 1. The lowest BCUT2D eigenvalue weighted by Gasteiger charge is -1.99. The minimum Gasteiger partial charge on any atom is -0.393 e. The fourth-order valence-electron chi connectivity index (χ4n) is 1.08. The van der Waals surface area contributed by atoms with Crippen molar-refractivity contribution in [2.24, 2.45) is 5.92 Å². The maximum absolute atomic E-state index is 10.8. The lowest BCUT2D eigenvalue weighted by Crippen LogP contribution is -2.07. The summed E-state index contributed by atoms with van der Waals surface area (Å²) in [7, 11) is 0. The largest absolute Gasteiger partial charge is 0.393 e. The molecule has 0 aromatic rings. The first-order valence-corrected chi connectivity index (χ1v) is 4.22. The Morgan fingerprint density at radius 2 is 2.27 bits per heavy atom. The number of cyclic esters (lactones) is 2. The molecule has 1 aliphatic heterocycles. The number of hydrogen-bond acceptors (Lipinski definition) is 4. The number of hydrogen-bond donors (Lipinski definition) is 1. The number of carbonyl (C=O) groups is 2. The Bertz CT molecular complexity index is 179. The van der Waals surface area contributed by atoms with Crippen molar-refractivity contribution < 1.29 is 14.3 Å². The van der Waals surface area contributed by atoms with Gasteiger partial charge in [-0.05, 0) is 18.6 Å². The molecule has 0 amide bonds. The van der Waals surface area contributed by atoms with E-state index in [1.807, 2.05) is 0 Å². The molecule has 0 aromatic heterocycles. The van der Waals surface area contributed by atoms with Gasteiger partial charge in [0.05, 0.1) is 12.3 Å². The van der Waals surface area contributed by atoms with Crippen LogP contribution in [0.3, 0.4) is 0 Å².